The summed E-state index contributed by atoms with van der Waals surface area (Å²) in [5, 5.41) is 1.22. The van der Waals surface area contributed by atoms with Gasteiger partial charge >= 0.3 is 18.2 Å². The van der Waals surface area contributed by atoms with Gasteiger partial charge in [-0.2, -0.15) is 13.2 Å². The third-order valence-electron chi connectivity index (χ3n) is 3.69. The molecule has 0 aromatic carbocycles. The summed E-state index contributed by atoms with van der Waals surface area (Å²) in [6.45, 7) is 5.97. The van der Waals surface area contributed by atoms with Crippen LogP contribution >= 0.6 is 0 Å². The van der Waals surface area contributed by atoms with Crippen molar-refractivity contribution in [2.75, 3.05) is 0 Å². The average molecular weight is 295 g/mol. The van der Waals surface area contributed by atoms with Crippen LogP contribution in [0, 0.1) is 17.8 Å². The summed E-state index contributed by atoms with van der Waals surface area (Å²) in [5.41, 5.74) is 0. The van der Waals surface area contributed by atoms with Crippen LogP contribution in [0.1, 0.15) is 40.0 Å². The van der Waals surface area contributed by atoms with Gasteiger partial charge in [0, 0.05) is 0 Å². The molecule has 0 aromatic rings. The van der Waals surface area contributed by atoms with E-state index in [2.05, 4.69) is 0 Å². The molecule has 2 amide bonds. The molecule has 7 heteroatoms. The van der Waals surface area contributed by atoms with Crippen LogP contribution in [0.25, 0.3) is 0 Å². The number of halogens is 3. The number of ether oxygens (including phenoxy) is 1. The Labute approximate surface area is 116 Å². The number of hydrogen-bond donors (Lipinski definition) is 1. The Morgan fingerprint density at radius 1 is 1.25 bits per heavy atom. The summed E-state index contributed by atoms with van der Waals surface area (Å²) in [6, 6.07) is 0. The molecule has 1 aliphatic carbocycles. The van der Waals surface area contributed by atoms with E-state index in [4.69, 9.17) is 4.74 Å². The van der Waals surface area contributed by atoms with Crippen LogP contribution in [-0.2, 0) is 9.53 Å². The van der Waals surface area contributed by atoms with Crippen molar-refractivity contribution >= 4 is 12.0 Å². The highest BCUT2D eigenvalue weighted by Crippen LogP contribution is 2.35. The monoisotopic (exact) mass is 295 g/mol. The predicted octanol–water partition coefficient (Wildman–Crippen LogP) is 3.26. The standard InChI is InChI=1S/C13H20F3NO3/c1-7(2)9-5-4-8(3)6-10(9)20-12(19)17-11(18)13(14,15)16/h7-10H,4-6H2,1-3H3,(H,17,18,19)/t8-,9-,10+/m0/s1. The van der Waals surface area contributed by atoms with Crippen molar-refractivity contribution in [3.05, 3.63) is 0 Å². The molecule has 0 aliphatic heterocycles. The van der Waals surface area contributed by atoms with Gasteiger partial charge in [0.25, 0.3) is 0 Å². The molecule has 0 saturated heterocycles. The highest BCUT2D eigenvalue weighted by atomic mass is 19.4. The molecule has 1 fully saturated rings. The molecule has 116 valence electrons. The molecule has 1 N–H and O–H groups in total. The first-order valence-electron chi connectivity index (χ1n) is 6.70. The van der Waals surface area contributed by atoms with E-state index >= 15 is 0 Å². The van der Waals surface area contributed by atoms with Crippen molar-refractivity contribution in [3.63, 3.8) is 0 Å². The summed E-state index contributed by atoms with van der Waals surface area (Å²) in [7, 11) is 0. The van der Waals surface area contributed by atoms with Crippen LogP contribution < -0.4 is 5.32 Å². The fourth-order valence-electron chi connectivity index (χ4n) is 2.58. The molecule has 0 heterocycles. The Hall–Kier alpha value is -1.27. The molecule has 0 spiro atoms. The lowest BCUT2D eigenvalue weighted by Gasteiger charge is -2.36. The van der Waals surface area contributed by atoms with Crippen molar-refractivity contribution < 1.29 is 27.5 Å². The third-order valence-corrected chi connectivity index (χ3v) is 3.69. The smallest absolute Gasteiger partial charge is 0.446 e. The number of carbonyl (C=O) groups excluding carboxylic acids is 2. The van der Waals surface area contributed by atoms with E-state index in [-0.39, 0.29) is 11.8 Å². The average Bonchev–Trinajstić information content (AvgIpc) is 2.26. The molecule has 1 rings (SSSR count). The van der Waals surface area contributed by atoms with E-state index in [1.165, 1.54) is 5.32 Å². The summed E-state index contributed by atoms with van der Waals surface area (Å²) in [6.07, 6.45) is -4.38. The number of hydrogen-bond acceptors (Lipinski definition) is 3. The van der Waals surface area contributed by atoms with Gasteiger partial charge in [0.05, 0.1) is 0 Å². The minimum Gasteiger partial charge on any atom is -0.446 e. The SMILES string of the molecule is CC(C)[C@@H]1CC[C@H](C)C[C@H]1OC(=O)NC(=O)C(F)(F)F. The van der Waals surface area contributed by atoms with Gasteiger partial charge in [-0.3, -0.25) is 10.1 Å². The first kappa shape index (κ1) is 16.8. The maximum Gasteiger partial charge on any atom is 0.471 e. The van der Waals surface area contributed by atoms with Gasteiger partial charge in [-0.05, 0) is 30.6 Å². The first-order chi connectivity index (χ1) is 9.11. The van der Waals surface area contributed by atoms with Crippen molar-refractivity contribution in [2.24, 2.45) is 17.8 Å². The molecule has 20 heavy (non-hydrogen) atoms. The van der Waals surface area contributed by atoms with E-state index in [1.807, 2.05) is 20.8 Å². The fraction of sp³-hybridized carbons (Fsp3) is 0.846. The van der Waals surface area contributed by atoms with Crippen molar-refractivity contribution in [1.29, 1.82) is 0 Å². The number of alkyl carbamates (subject to hydrolysis) is 1. The Bertz CT molecular complexity index is 368. The Morgan fingerprint density at radius 3 is 2.35 bits per heavy atom. The Kier molecular flexibility index (Phi) is 5.42. The summed E-state index contributed by atoms with van der Waals surface area (Å²) < 4.78 is 41.1. The van der Waals surface area contributed by atoms with E-state index < -0.39 is 24.3 Å². The number of amides is 2. The zero-order valence-corrected chi connectivity index (χ0v) is 11.8. The molecule has 4 nitrogen and oxygen atoms in total. The molecular formula is C13H20F3NO3. The van der Waals surface area contributed by atoms with Crippen molar-refractivity contribution in [1.82, 2.24) is 5.32 Å². The fourth-order valence-corrected chi connectivity index (χ4v) is 2.58. The normalized spacial score (nSPS) is 27.2. The second-order valence-corrected chi connectivity index (χ2v) is 5.72. The van der Waals surface area contributed by atoms with Gasteiger partial charge in [-0.1, -0.05) is 27.2 Å². The number of imide groups is 1. The third kappa shape index (κ3) is 4.68. The maximum absolute atomic E-state index is 12.0. The lowest BCUT2D eigenvalue weighted by Crippen LogP contribution is -2.44. The molecule has 1 aliphatic rings. The van der Waals surface area contributed by atoms with Crippen LogP contribution in [0.3, 0.4) is 0 Å². The van der Waals surface area contributed by atoms with E-state index in [9.17, 15) is 22.8 Å². The maximum atomic E-state index is 12.0. The van der Waals surface area contributed by atoms with Gasteiger partial charge < -0.3 is 4.74 Å². The second-order valence-electron chi connectivity index (χ2n) is 5.72. The van der Waals surface area contributed by atoms with E-state index in [1.54, 1.807) is 0 Å². The molecule has 3 atom stereocenters. The number of alkyl halides is 3. The van der Waals surface area contributed by atoms with Gasteiger partial charge in [0.1, 0.15) is 6.10 Å². The number of rotatable bonds is 2. The minimum atomic E-state index is -5.09. The van der Waals surface area contributed by atoms with E-state index in [0.717, 1.165) is 12.8 Å². The second kappa shape index (κ2) is 6.45. The molecule has 0 unspecified atom stereocenters. The topological polar surface area (TPSA) is 55.4 Å². The van der Waals surface area contributed by atoms with Crippen LogP contribution in [0.2, 0.25) is 0 Å². The molecule has 1 saturated carbocycles. The van der Waals surface area contributed by atoms with Crippen LogP contribution in [0.5, 0.6) is 0 Å². The predicted molar refractivity (Wildman–Crippen MR) is 65.8 cm³/mol. The summed E-state index contributed by atoms with van der Waals surface area (Å²) in [5.74, 6) is -1.58. The quantitative estimate of drug-likeness (QED) is 0.850. The lowest BCUT2D eigenvalue weighted by atomic mass is 9.75. The van der Waals surface area contributed by atoms with E-state index in [0.29, 0.717) is 12.3 Å². The molecule has 0 aromatic heterocycles. The van der Waals surface area contributed by atoms with Gasteiger partial charge in [-0.15, -0.1) is 0 Å². The molecule has 0 bridgehead atoms. The van der Waals surface area contributed by atoms with Gasteiger partial charge in [0.2, 0.25) is 0 Å². The molecular weight excluding hydrogens is 275 g/mol. The first-order valence-corrected chi connectivity index (χ1v) is 6.70. The summed E-state index contributed by atoms with van der Waals surface area (Å²) in [4.78, 5) is 22.0. The van der Waals surface area contributed by atoms with Gasteiger partial charge in [0.15, 0.2) is 0 Å². The zero-order valence-electron chi connectivity index (χ0n) is 11.8. The highest BCUT2D eigenvalue weighted by Gasteiger charge is 2.41. The van der Waals surface area contributed by atoms with Crippen LogP contribution in [0.15, 0.2) is 0 Å². The highest BCUT2D eigenvalue weighted by molar-refractivity contribution is 5.94. The molecule has 0 radical (unpaired) electrons. The van der Waals surface area contributed by atoms with Crippen LogP contribution in [-0.4, -0.2) is 24.3 Å². The Morgan fingerprint density at radius 2 is 1.85 bits per heavy atom. The van der Waals surface area contributed by atoms with Crippen LogP contribution in [0.4, 0.5) is 18.0 Å². The lowest BCUT2D eigenvalue weighted by molar-refractivity contribution is -0.173. The van der Waals surface area contributed by atoms with Crippen molar-refractivity contribution in [3.8, 4) is 0 Å². The summed E-state index contributed by atoms with van der Waals surface area (Å²) >= 11 is 0. The Balaban J connectivity index is 2.60. The largest absolute Gasteiger partial charge is 0.471 e. The number of carbonyl (C=O) groups is 2. The zero-order chi connectivity index (χ0) is 15.5. The van der Waals surface area contributed by atoms with Gasteiger partial charge in [-0.25, -0.2) is 4.79 Å². The minimum absolute atomic E-state index is 0.109. The number of nitrogens with one attached hydrogen (secondary N) is 1. The van der Waals surface area contributed by atoms with Crippen molar-refractivity contribution in [2.45, 2.75) is 52.3 Å².